The Bertz CT molecular complexity index is 775. The van der Waals surface area contributed by atoms with Gasteiger partial charge in [-0.3, -0.25) is 14.8 Å². The van der Waals surface area contributed by atoms with Crippen molar-refractivity contribution >= 4 is 29.5 Å². The minimum Gasteiger partial charge on any atom is -0.452 e. The number of benzene rings is 1. The lowest BCUT2D eigenvalue weighted by Crippen LogP contribution is -2.41. The first-order chi connectivity index (χ1) is 12.0. The van der Waals surface area contributed by atoms with Crippen molar-refractivity contribution in [1.29, 1.82) is 0 Å². The molecule has 1 heterocycles. The minimum absolute atomic E-state index is 0.192. The van der Waals surface area contributed by atoms with Crippen LogP contribution in [0.15, 0.2) is 36.7 Å². The van der Waals surface area contributed by atoms with E-state index in [1.165, 1.54) is 17.1 Å². The summed E-state index contributed by atoms with van der Waals surface area (Å²) in [5.41, 5.74) is 1.05. The molecule has 0 spiro atoms. The fraction of sp³-hybridized carbons (Fsp3) is 0.250. The molecule has 3 amide bonds. The van der Waals surface area contributed by atoms with Gasteiger partial charge in [-0.1, -0.05) is 29.8 Å². The quantitative estimate of drug-likeness (QED) is 0.758. The summed E-state index contributed by atoms with van der Waals surface area (Å²) >= 11 is 6.08. The Morgan fingerprint density at radius 1 is 1.28 bits per heavy atom. The monoisotopic (exact) mass is 364 g/mol. The number of carbonyl (C=O) groups excluding carboxylic acids is 3. The second-order valence-electron chi connectivity index (χ2n) is 5.00. The smallest absolute Gasteiger partial charge is 0.341 e. The second-order valence-corrected chi connectivity index (χ2v) is 5.41. The number of hydrogen-bond acceptors (Lipinski definition) is 5. The first-order valence-electron chi connectivity index (χ1n) is 7.50. The maximum absolute atomic E-state index is 11.9. The number of halogens is 1. The molecule has 1 aromatic heterocycles. The van der Waals surface area contributed by atoms with Crippen LogP contribution in [0.5, 0.6) is 0 Å². The van der Waals surface area contributed by atoms with Gasteiger partial charge in [-0.05, 0) is 18.6 Å². The van der Waals surface area contributed by atoms with Gasteiger partial charge in [0.05, 0.1) is 18.3 Å². The van der Waals surface area contributed by atoms with Gasteiger partial charge in [0.2, 0.25) is 0 Å². The van der Waals surface area contributed by atoms with E-state index >= 15 is 0 Å². The fourth-order valence-corrected chi connectivity index (χ4v) is 2.13. The van der Waals surface area contributed by atoms with Crippen LogP contribution in [0.3, 0.4) is 0 Å². The topological polar surface area (TPSA) is 102 Å². The highest BCUT2D eigenvalue weighted by molar-refractivity contribution is 6.31. The lowest BCUT2D eigenvalue weighted by molar-refractivity contribution is -0.123. The highest BCUT2D eigenvalue weighted by Crippen LogP contribution is 2.16. The third kappa shape index (κ3) is 5.61. The molecule has 0 radical (unpaired) electrons. The zero-order chi connectivity index (χ0) is 18.2. The van der Waals surface area contributed by atoms with Gasteiger partial charge < -0.3 is 10.1 Å². The summed E-state index contributed by atoms with van der Waals surface area (Å²) in [4.78, 5) is 34.5. The number of amides is 3. The van der Waals surface area contributed by atoms with Crippen molar-refractivity contribution in [2.75, 3.05) is 13.2 Å². The molecule has 2 rings (SSSR count). The van der Waals surface area contributed by atoms with Gasteiger partial charge in [-0.15, -0.1) is 0 Å². The number of imide groups is 1. The number of aromatic nitrogens is 2. The Kier molecular flexibility index (Phi) is 6.53. The number of ether oxygens (including phenoxy) is 1. The largest absolute Gasteiger partial charge is 0.452 e. The molecule has 0 fully saturated rings. The van der Waals surface area contributed by atoms with Gasteiger partial charge in [0, 0.05) is 17.8 Å². The second kappa shape index (κ2) is 8.84. The van der Waals surface area contributed by atoms with Crippen LogP contribution in [-0.2, 0) is 16.1 Å². The highest BCUT2D eigenvalue weighted by Gasteiger charge is 2.14. The van der Waals surface area contributed by atoms with E-state index in [-0.39, 0.29) is 5.56 Å². The van der Waals surface area contributed by atoms with E-state index in [2.05, 4.69) is 10.4 Å². The van der Waals surface area contributed by atoms with Gasteiger partial charge in [-0.2, -0.15) is 5.10 Å². The zero-order valence-electron chi connectivity index (χ0n) is 13.5. The number of esters is 1. The van der Waals surface area contributed by atoms with Crippen LogP contribution >= 0.6 is 11.6 Å². The first kappa shape index (κ1) is 18.5. The zero-order valence-corrected chi connectivity index (χ0v) is 14.2. The van der Waals surface area contributed by atoms with Gasteiger partial charge >= 0.3 is 12.0 Å². The average molecular weight is 365 g/mol. The Hall–Kier alpha value is -2.87. The van der Waals surface area contributed by atoms with Crippen LogP contribution in [0.25, 0.3) is 0 Å². The Morgan fingerprint density at radius 2 is 2.04 bits per heavy atom. The van der Waals surface area contributed by atoms with E-state index in [0.29, 0.717) is 18.1 Å². The summed E-state index contributed by atoms with van der Waals surface area (Å²) in [6.45, 7) is 1.92. The molecule has 0 bridgehead atoms. The standard InChI is InChI=1S/C16H17ClN4O4/c1-2-18-16(24)20-14(22)10-25-15(23)12-7-19-21(9-12)8-11-5-3-4-6-13(11)17/h3-7,9H,2,8,10H2,1H3,(H2,18,20,22,24). The van der Waals surface area contributed by atoms with Gasteiger partial charge in [-0.25, -0.2) is 9.59 Å². The summed E-state index contributed by atoms with van der Waals surface area (Å²) in [5.74, 6) is -1.43. The molecule has 8 nitrogen and oxygen atoms in total. The maximum atomic E-state index is 11.9. The number of carbonyl (C=O) groups is 3. The summed E-state index contributed by atoms with van der Waals surface area (Å²) < 4.78 is 6.38. The predicted octanol–water partition coefficient (Wildman–Crippen LogP) is 1.59. The molecule has 2 aromatic rings. The van der Waals surface area contributed by atoms with Crippen molar-refractivity contribution < 1.29 is 19.1 Å². The summed E-state index contributed by atoms with van der Waals surface area (Å²) in [7, 11) is 0. The Labute approximate surface area is 149 Å². The van der Waals surface area contributed by atoms with Crippen molar-refractivity contribution in [3.63, 3.8) is 0 Å². The normalized spacial score (nSPS) is 10.2. The molecule has 0 atom stereocenters. The summed E-state index contributed by atoms with van der Waals surface area (Å²) in [5, 5.41) is 9.09. The predicted molar refractivity (Wildman–Crippen MR) is 90.3 cm³/mol. The number of nitrogens with one attached hydrogen (secondary N) is 2. The van der Waals surface area contributed by atoms with E-state index in [1.54, 1.807) is 13.0 Å². The first-order valence-corrected chi connectivity index (χ1v) is 7.88. The minimum atomic E-state index is -0.720. The van der Waals surface area contributed by atoms with Crippen molar-refractivity contribution in [1.82, 2.24) is 20.4 Å². The number of hydrogen-bond donors (Lipinski definition) is 2. The Balaban J connectivity index is 1.87. The van der Waals surface area contributed by atoms with Gasteiger partial charge in [0.1, 0.15) is 0 Å². The van der Waals surface area contributed by atoms with E-state index in [9.17, 15) is 14.4 Å². The molecule has 0 aliphatic heterocycles. The van der Waals surface area contributed by atoms with Crippen LogP contribution in [0.1, 0.15) is 22.8 Å². The molecule has 2 N–H and O–H groups in total. The van der Waals surface area contributed by atoms with Crippen molar-refractivity contribution in [3.05, 3.63) is 52.8 Å². The number of nitrogens with zero attached hydrogens (tertiary/aromatic N) is 2. The molecule has 9 heteroatoms. The van der Waals surface area contributed by atoms with Crippen LogP contribution in [0.2, 0.25) is 5.02 Å². The van der Waals surface area contributed by atoms with Crippen molar-refractivity contribution in [2.24, 2.45) is 0 Å². The molecule has 0 saturated carbocycles. The molecule has 0 aliphatic carbocycles. The molecule has 1 aromatic carbocycles. The molecular weight excluding hydrogens is 348 g/mol. The molecule has 0 saturated heterocycles. The van der Waals surface area contributed by atoms with E-state index in [0.717, 1.165) is 5.56 Å². The third-order valence-electron chi connectivity index (χ3n) is 3.08. The SMILES string of the molecule is CCNC(=O)NC(=O)COC(=O)c1cnn(Cc2ccccc2Cl)c1. The van der Waals surface area contributed by atoms with Crippen molar-refractivity contribution in [2.45, 2.75) is 13.5 Å². The molecular formula is C16H17ClN4O4. The Morgan fingerprint density at radius 3 is 2.76 bits per heavy atom. The molecule has 0 unspecified atom stereocenters. The summed E-state index contributed by atoms with van der Waals surface area (Å²) in [6.07, 6.45) is 2.83. The van der Waals surface area contributed by atoms with Gasteiger partial charge in [0.25, 0.3) is 5.91 Å². The van der Waals surface area contributed by atoms with Crippen LogP contribution in [0.4, 0.5) is 4.79 Å². The highest BCUT2D eigenvalue weighted by atomic mass is 35.5. The molecule has 25 heavy (non-hydrogen) atoms. The lowest BCUT2D eigenvalue weighted by Gasteiger charge is -2.05. The fourth-order valence-electron chi connectivity index (χ4n) is 1.94. The van der Waals surface area contributed by atoms with E-state index in [4.69, 9.17) is 16.3 Å². The van der Waals surface area contributed by atoms with Crippen LogP contribution in [0, 0.1) is 0 Å². The van der Waals surface area contributed by atoms with Crippen LogP contribution < -0.4 is 10.6 Å². The molecule has 132 valence electrons. The number of rotatable bonds is 6. The lowest BCUT2D eigenvalue weighted by atomic mass is 10.2. The van der Waals surface area contributed by atoms with Crippen LogP contribution in [-0.4, -0.2) is 40.8 Å². The van der Waals surface area contributed by atoms with E-state index < -0.39 is 24.5 Å². The van der Waals surface area contributed by atoms with Crippen molar-refractivity contribution in [3.8, 4) is 0 Å². The number of urea groups is 1. The van der Waals surface area contributed by atoms with Gasteiger partial charge in [0.15, 0.2) is 6.61 Å². The maximum Gasteiger partial charge on any atom is 0.341 e. The third-order valence-corrected chi connectivity index (χ3v) is 3.45. The molecule has 0 aliphatic rings. The van der Waals surface area contributed by atoms with E-state index in [1.807, 2.05) is 23.5 Å². The summed E-state index contributed by atoms with van der Waals surface area (Å²) in [6, 6.07) is 6.66. The average Bonchev–Trinajstić information content (AvgIpc) is 3.03.